The van der Waals surface area contributed by atoms with Crippen molar-refractivity contribution >= 4 is 68.2 Å². The van der Waals surface area contributed by atoms with Crippen LogP contribution in [0.2, 0.25) is 0 Å². The monoisotopic (exact) mass is 1350 g/mol. The predicted octanol–water partition coefficient (Wildman–Crippen LogP) is 11.7. The molecule has 3 heterocycles. The van der Waals surface area contributed by atoms with E-state index in [2.05, 4.69) is 0 Å². The maximum Gasteiger partial charge on any atom is 0.338 e. The van der Waals surface area contributed by atoms with Gasteiger partial charge in [0.25, 0.3) is 0 Å². The Morgan fingerprint density at radius 3 is 1.13 bits per heavy atom. The standard InChI is InChI=1S/C76H61N3O17S2/c1-48-27-26-44-57(45-48)79-75(77-56-42-24-9-25-43-56)97-98-76(79)78-66-64(94-72(85)54-38-20-7-21-39-54)62(92-70(83)52-34-16-5-17-35-52)61(58(89-66)46-87-67(80)49-28-10-2-11-29-49)96-74-65(95-73(86)55-40-22-8-23-41-55)63(93-71(84)53-36-18-6-19-37-53)60(91-69(82)51-32-14-4-15-33-51)59(90-74)47-88-68(81)50-30-12-3-13-31-50/h2-45,58-66,74H,46-47H2,1H3/b77-75?,78-76+/t58-,59-,60+,61-,62+,63+,64-,65-,66-,74+/m1/s1. The SMILES string of the molecule is Cc1cccc(-n2c(=Nc3ccccc3)ss/c2=N/[C@@H]2O[C@H](COC(=O)c3ccccc3)[C@@H](O[C@@H]3O[C@H](COC(=O)c4ccccc4)[C@H](OC(=O)c4ccccc4)[C@H](OC(=O)c4ccccc4)[C@H]3OC(=O)c3ccccc3)[C@H](OC(=O)c3ccccc3)[C@H]2OC(=O)c2ccccc2)c1. The summed E-state index contributed by atoms with van der Waals surface area (Å²) in [4.78, 5) is 114. The molecule has 0 spiro atoms. The van der Waals surface area contributed by atoms with Gasteiger partial charge in [0, 0.05) is 0 Å². The number of carbonyl (C=O) groups excluding carboxylic acids is 7. The third kappa shape index (κ3) is 16.5. The molecule has 2 fully saturated rings. The van der Waals surface area contributed by atoms with E-state index in [0.717, 1.165) is 5.56 Å². The lowest BCUT2D eigenvalue weighted by molar-refractivity contribution is -0.338. The Bertz CT molecular complexity index is 4530. The highest BCUT2D eigenvalue weighted by Crippen LogP contribution is 2.38. The average Bonchev–Trinajstić information content (AvgIpc) is 0.920. The van der Waals surface area contributed by atoms with Crippen LogP contribution in [0.25, 0.3) is 5.69 Å². The van der Waals surface area contributed by atoms with E-state index < -0.39 is 116 Å². The molecule has 12 rings (SSSR count). The van der Waals surface area contributed by atoms with E-state index in [-0.39, 0.29) is 43.7 Å². The van der Waals surface area contributed by atoms with E-state index in [1.54, 1.807) is 132 Å². The summed E-state index contributed by atoms with van der Waals surface area (Å²) < 4.78 is 67.6. The molecule has 2 saturated heterocycles. The van der Waals surface area contributed by atoms with Crippen molar-refractivity contribution < 1.29 is 80.9 Å². The van der Waals surface area contributed by atoms with Crippen LogP contribution >= 0.6 is 20.7 Å². The maximum atomic E-state index is 15.1. The van der Waals surface area contributed by atoms with E-state index in [9.17, 15) is 28.8 Å². The van der Waals surface area contributed by atoms with Crippen molar-refractivity contribution in [3.05, 3.63) is 321 Å². The molecule has 9 aromatic carbocycles. The number of para-hydroxylation sites is 1. The van der Waals surface area contributed by atoms with Crippen molar-refractivity contribution in [1.82, 2.24) is 4.57 Å². The molecule has 0 N–H and O–H groups in total. The van der Waals surface area contributed by atoms with Crippen molar-refractivity contribution in [2.24, 2.45) is 9.98 Å². The van der Waals surface area contributed by atoms with Crippen molar-refractivity contribution in [3.63, 3.8) is 0 Å². The Labute approximate surface area is 568 Å². The molecule has 10 aromatic rings. The van der Waals surface area contributed by atoms with Gasteiger partial charge in [0.15, 0.2) is 43.0 Å². The van der Waals surface area contributed by atoms with Crippen LogP contribution in [0.4, 0.5) is 5.69 Å². The number of ether oxygens (including phenoxy) is 10. The minimum atomic E-state index is -2.11. The van der Waals surface area contributed by atoms with Gasteiger partial charge >= 0.3 is 41.8 Å². The zero-order valence-electron chi connectivity index (χ0n) is 52.2. The number of aryl methyl sites for hydroxylation is 1. The molecule has 2 aliphatic heterocycles. The van der Waals surface area contributed by atoms with Crippen molar-refractivity contribution in [2.45, 2.75) is 68.3 Å². The van der Waals surface area contributed by atoms with Gasteiger partial charge in [-0.05, 0) is 142 Å². The largest absolute Gasteiger partial charge is 0.459 e. The topological polar surface area (TPSA) is 241 Å². The lowest BCUT2D eigenvalue weighted by Crippen LogP contribution is -2.67. The molecule has 0 radical (unpaired) electrons. The van der Waals surface area contributed by atoms with Crippen molar-refractivity contribution in [2.75, 3.05) is 13.2 Å². The Balaban J connectivity index is 1.06. The minimum Gasteiger partial charge on any atom is -0.459 e. The van der Waals surface area contributed by atoms with Gasteiger partial charge in [-0.15, -0.1) is 0 Å². The van der Waals surface area contributed by atoms with Gasteiger partial charge in [-0.2, -0.15) is 0 Å². The van der Waals surface area contributed by atoms with Gasteiger partial charge in [-0.1, -0.05) is 158 Å². The molecular formula is C76H61N3O17S2. The second-order valence-corrected chi connectivity index (χ2v) is 24.4. The summed E-state index contributed by atoms with van der Waals surface area (Å²) in [5, 5.41) is 0. The summed E-state index contributed by atoms with van der Waals surface area (Å²) in [6.07, 6.45) is -18.6. The summed E-state index contributed by atoms with van der Waals surface area (Å²) in [5.74, 6) is -6.59. The molecule has 0 saturated carbocycles. The van der Waals surface area contributed by atoms with E-state index in [1.807, 2.05) is 61.5 Å². The first-order valence-electron chi connectivity index (χ1n) is 31.0. The van der Waals surface area contributed by atoms with Crippen LogP contribution in [0.15, 0.2) is 277 Å². The van der Waals surface area contributed by atoms with Crippen LogP contribution < -0.4 is 9.60 Å². The third-order valence-electron chi connectivity index (χ3n) is 15.6. The summed E-state index contributed by atoms with van der Waals surface area (Å²) in [7, 11) is 2.47. The van der Waals surface area contributed by atoms with Gasteiger partial charge < -0.3 is 47.4 Å². The summed E-state index contributed by atoms with van der Waals surface area (Å²) >= 11 is 0. The fraction of sp³-hybridized carbons (Fsp3) is 0.171. The molecule has 20 nitrogen and oxygen atoms in total. The molecule has 0 aliphatic carbocycles. The predicted molar refractivity (Wildman–Crippen MR) is 357 cm³/mol. The Morgan fingerprint density at radius 1 is 0.367 bits per heavy atom. The first-order valence-corrected chi connectivity index (χ1v) is 33.2. The number of nitrogens with zero attached hydrogens (tertiary/aromatic N) is 3. The number of rotatable bonds is 21. The summed E-state index contributed by atoms with van der Waals surface area (Å²) in [6, 6.07) is 72.1. The lowest BCUT2D eigenvalue weighted by Gasteiger charge is -2.48. The summed E-state index contributed by atoms with van der Waals surface area (Å²) in [6.45, 7) is 0.437. The molecule has 10 atom stereocenters. The van der Waals surface area contributed by atoms with E-state index >= 15 is 4.79 Å². The van der Waals surface area contributed by atoms with Crippen LogP contribution in [0, 0.1) is 6.92 Å². The quantitative estimate of drug-likeness (QED) is 0.0369. The van der Waals surface area contributed by atoms with Gasteiger partial charge in [0.1, 0.15) is 31.5 Å². The zero-order chi connectivity index (χ0) is 67.7. The van der Waals surface area contributed by atoms with Crippen LogP contribution in [-0.4, -0.2) is 121 Å². The third-order valence-corrected chi connectivity index (χ3v) is 17.7. The second kappa shape index (κ2) is 32.0. The van der Waals surface area contributed by atoms with Crippen molar-refractivity contribution in [3.8, 4) is 5.69 Å². The minimum absolute atomic E-state index is 0.00707. The number of carbonyl (C=O) groups is 7. The number of hydrogen-bond donors (Lipinski definition) is 0. The lowest BCUT2D eigenvalue weighted by atomic mass is 9.95. The van der Waals surface area contributed by atoms with Gasteiger partial charge in [0.05, 0.1) is 50.3 Å². The van der Waals surface area contributed by atoms with Gasteiger partial charge in [-0.25, -0.2) is 43.5 Å². The highest BCUT2D eigenvalue weighted by molar-refractivity contribution is 7.67. The number of hydrogen-bond acceptors (Lipinski definition) is 21. The second-order valence-electron chi connectivity index (χ2n) is 22.3. The molecule has 98 heavy (non-hydrogen) atoms. The van der Waals surface area contributed by atoms with Crippen molar-refractivity contribution in [1.29, 1.82) is 0 Å². The smallest absolute Gasteiger partial charge is 0.338 e. The van der Waals surface area contributed by atoms with Gasteiger partial charge in [-0.3, -0.25) is 4.57 Å². The Morgan fingerprint density at radius 2 is 0.714 bits per heavy atom. The molecule has 494 valence electrons. The normalized spacial score (nSPS) is 20.7. The molecular weight excluding hydrogens is 1290 g/mol. The molecule has 0 unspecified atom stereocenters. The van der Waals surface area contributed by atoms with Crippen LogP contribution in [0.3, 0.4) is 0 Å². The van der Waals surface area contributed by atoms with E-state index in [1.165, 1.54) is 106 Å². The molecule has 2 aliphatic rings. The van der Waals surface area contributed by atoms with Crippen LogP contribution in [-0.2, 0) is 47.4 Å². The average molecular weight is 1350 g/mol. The highest BCUT2D eigenvalue weighted by Gasteiger charge is 2.58. The molecule has 1 aromatic heterocycles. The molecule has 0 bridgehead atoms. The Kier molecular flexibility index (Phi) is 21.8. The highest BCUT2D eigenvalue weighted by atomic mass is 32.9. The molecule has 0 amide bonds. The summed E-state index contributed by atoms with van der Waals surface area (Å²) in [5.41, 5.74) is 2.53. The fourth-order valence-corrected chi connectivity index (χ4v) is 12.9. The zero-order valence-corrected chi connectivity index (χ0v) is 53.8. The first kappa shape index (κ1) is 66.7. The van der Waals surface area contributed by atoms with Crippen LogP contribution in [0.5, 0.6) is 0 Å². The van der Waals surface area contributed by atoms with E-state index in [0.29, 0.717) is 16.2 Å². The number of benzene rings is 9. The Hall–Kier alpha value is -11.3. The molecule has 22 heteroatoms. The number of aromatic nitrogens is 1. The number of esters is 7. The first-order chi connectivity index (χ1) is 47.9. The van der Waals surface area contributed by atoms with Gasteiger partial charge in [0.2, 0.25) is 9.60 Å². The maximum absolute atomic E-state index is 15.1. The van der Waals surface area contributed by atoms with Crippen LogP contribution in [0.1, 0.15) is 78.1 Å². The van der Waals surface area contributed by atoms with E-state index in [4.69, 9.17) is 57.4 Å². The fourth-order valence-electron chi connectivity index (χ4n) is 10.8.